The Morgan fingerprint density at radius 3 is 2.37 bits per heavy atom. The van der Waals surface area contributed by atoms with Crippen molar-refractivity contribution in [1.82, 2.24) is 19.8 Å². The highest BCUT2D eigenvalue weighted by atomic mass is 32.2. The van der Waals surface area contributed by atoms with Gasteiger partial charge in [0.05, 0.1) is 13.4 Å². The summed E-state index contributed by atoms with van der Waals surface area (Å²) >= 11 is 0. The number of carbonyl (C=O) groups is 3. The summed E-state index contributed by atoms with van der Waals surface area (Å²) in [5, 5.41) is 5.67. The summed E-state index contributed by atoms with van der Waals surface area (Å²) in [4.78, 5) is 38.5. The molecule has 0 bridgehead atoms. The highest BCUT2D eigenvalue weighted by molar-refractivity contribution is 7.88. The van der Waals surface area contributed by atoms with Crippen LogP contribution >= 0.6 is 0 Å². The number of hydrogen-bond acceptors (Lipinski definition) is 7. The number of amides is 2. The van der Waals surface area contributed by atoms with E-state index in [1.54, 1.807) is 4.90 Å². The van der Waals surface area contributed by atoms with Gasteiger partial charge in [0.1, 0.15) is 12.1 Å². The molecule has 0 aromatic heterocycles. The van der Waals surface area contributed by atoms with E-state index in [-0.39, 0.29) is 31.5 Å². The maximum atomic E-state index is 12.8. The molecule has 0 aliphatic carbocycles. The number of esters is 1. The minimum absolute atomic E-state index is 0.0322. The third-order valence-electron chi connectivity index (χ3n) is 4.97. The van der Waals surface area contributed by atoms with Crippen molar-refractivity contribution in [3.63, 3.8) is 0 Å². The fraction of sp³-hybridized carbons (Fsp3) is 0.812. The highest BCUT2D eigenvalue weighted by Gasteiger charge is 2.40. The number of nitrogens with zero attached hydrogens (tertiary/aromatic N) is 2. The first-order valence-electron chi connectivity index (χ1n) is 8.99. The topological polar surface area (TPSA) is 125 Å². The Balaban J connectivity index is 2.13. The van der Waals surface area contributed by atoms with Gasteiger partial charge in [-0.15, -0.1) is 0 Å². The lowest BCUT2D eigenvalue weighted by Gasteiger charge is -2.40. The van der Waals surface area contributed by atoms with Crippen LogP contribution < -0.4 is 10.6 Å². The Morgan fingerprint density at radius 1 is 1.19 bits per heavy atom. The standard InChI is InChI=1S/C16H28N4O6S/c1-11(16(23)26-2)18-14(21)13-10-19(8-9-20(13)27(3,24)25)15(22)12-4-6-17-7-5-12/h11-13,17H,4-10H2,1-3H3,(H,18,21)/t11-,13+/m1/s1. The summed E-state index contributed by atoms with van der Waals surface area (Å²) in [5.41, 5.74) is 0. The molecule has 27 heavy (non-hydrogen) atoms. The first-order chi connectivity index (χ1) is 12.6. The van der Waals surface area contributed by atoms with Gasteiger partial charge in [-0.1, -0.05) is 0 Å². The number of hydrogen-bond donors (Lipinski definition) is 2. The Bertz CT molecular complexity index is 676. The molecule has 0 saturated carbocycles. The number of piperazine rings is 1. The predicted octanol–water partition coefficient (Wildman–Crippen LogP) is -1.86. The Kier molecular flexibility index (Phi) is 7.18. The summed E-state index contributed by atoms with van der Waals surface area (Å²) in [6, 6.07) is -1.99. The lowest BCUT2D eigenvalue weighted by Crippen LogP contribution is -2.63. The van der Waals surface area contributed by atoms with Crippen molar-refractivity contribution < 1.29 is 27.5 Å². The molecule has 2 fully saturated rings. The van der Waals surface area contributed by atoms with Crippen molar-refractivity contribution in [3.8, 4) is 0 Å². The van der Waals surface area contributed by atoms with Crippen LogP contribution in [0.5, 0.6) is 0 Å². The minimum atomic E-state index is -3.65. The maximum absolute atomic E-state index is 12.8. The van der Waals surface area contributed by atoms with Gasteiger partial charge in [0.15, 0.2) is 0 Å². The lowest BCUT2D eigenvalue weighted by atomic mass is 9.96. The van der Waals surface area contributed by atoms with Crippen molar-refractivity contribution in [2.24, 2.45) is 5.92 Å². The fourth-order valence-corrected chi connectivity index (χ4v) is 4.49. The van der Waals surface area contributed by atoms with Gasteiger partial charge in [0.2, 0.25) is 21.8 Å². The van der Waals surface area contributed by atoms with Crippen LogP contribution in [0, 0.1) is 5.92 Å². The van der Waals surface area contributed by atoms with Crippen LogP contribution in [0.2, 0.25) is 0 Å². The molecule has 0 radical (unpaired) electrons. The SMILES string of the molecule is COC(=O)[C@@H](C)NC(=O)[C@@H]1CN(C(=O)C2CCNCC2)CCN1S(C)(=O)=O. The second-order valence-corrected chi connectivity index (χ2v) is 8.89. The number of nitrogens with one attached hydrogen (secondary N) is 2. The smallest absolute Gasteiger partial charge is 0.328 e. The van der Waals surface area contributed by atoms with E-state index in [1.165, 1.54) is 14.0 Å². The van der Waals surface area contributed by atoms with Gasteiger partial charge in [0.25, 0.3) is 0 Å². The molecule has 2 aliphatic heterocycles. The monoisotopic (exact) mass is 404 g/mol. The van der Waals surface area contributed by atoms with Crippen molar-refractivity contribution in [2.45, 2.75) is 31.8 Å². The Labute approximate surface area is 159 Å². The summed E-state index contributed by atoms with van der Waals surface area (Å²) < 4.78 is 29.9. The zero-order valence-corrected chi connectivity index (χ0v) is 16.8. The molecule has 0 spiro atoms. The second-order valence-electron chi connectivity index (χ2n) is 6.95. The van der Waals surface area contributed by atoms with Crippen molar-refractivity contribution in [2.75, 3.05) is 46.1 Å². The Hall–Kier alpha value is -1.72. The molecule has 11 heteroatoms. The first-order valence-corrected chi connectivity index (χ1v) is 10.8. The number of rotatable bonds is 5. The van der Waals surface area contributed by atoms with Gasteiger partial charge >= 0.3 is 5.97 Å². The first kappa shape index (κ1) is 21.6. The normalized spacial score (nSPS) is 23.5. The molecule has 0 aromatic carbocycles. The second kappa shape index (κ2) is 8.98. The van der Waals surface area contributed by atoms with Gasteiger partial charge < -0.3 is 20.3 Å². The van der Waals surface area contributed by atoms with Crippen molar-refractivity contribution in [1.29, 1.82) is 0 Å². The van der Waals surface area contributed by atoms with Crippen LogP contribution in [0.3, 0.4) is 0 Å². The molecule has 2 N–H and O–H groups in total. The van der Waals surface area contributed by atoms with E-state index in [9.17, 15) is 22.8 Å². The van der Waals surface area contributed by atoms with E-state index >= 15 is 0 Å². The Morgan fingerprint density at radius 2 is 1.81 bits per heavy atom. The number of sulfonamides is 1. The van der Waals surface area contributed by atoms with Crippen molar-refractivity contribution >= 4 is 27.8 Å². The largest absolute Gasteiger partial charge is 0.467 e. The van der Waals surface area contributed by atoms with Gasteiger partial charge in [-0.3, -0.25) is 9.59 Å². The quantitative estimate of drug-likeness (QED) is 0.515. The zero-order chi connectivity index (χ0) is 20.2. The van der Waals surface area contributed by atoms with Crippen LogP contribution in [0.15, 0.2) is 0 Å². The maximum Gasteiger partial charge on any atom is 0.328 e. The molecule has 0 unspecified atom stereocenters. The van der Waals surface area contributed by atoms with E-state index in [1.807, 2.05) is 0 Å². The summed E-state index contributed by atoms with van der Waals surface area (Å²) in [6.07, 6.45) is 2.48. The number of piperidine rings is 1. The predicted molar refractivity (Wildman–Crippen MR) is 97.1 cm³/mol. The van der Waals surface area contributed by atoms with Crippen LogP contribution in [0.1, 0.15) is 19.8 Å². The molecular formula is C16H28N4O6S. The summed E-state index contributed by atoms with van der Waals surface area (Å²) in [7, 11) is -2.45. The fourth-order valence-electron chi connectivity index (χ4n) is 3.45. The van der Waals surface area contributed by atoms with E-state index < -0.39 is 34.0 Å². The molecule has 2 saturated heterocycles. The average molecular weight is 404 g/mol. The van der Waals surface area contributed by atoms with E-state index in [0.29, 0.717) is 0 Å². The average Bonchev–Trinajstić information content (AvgIpc) is 2.66. The molecule has 2 aliphatic rings. The molecule has 2 amide bonds. The highest BCUT2D eigenvalue weighted by Crippen LogP contribution is 2.20. The summed E-state index contributed by atoms with van der Waals surface area (Å²) in [6.45, 7) is 3.23. The molecule has 0 aromatic rings. The van der Waals surface area contributed by atoms with E-state index in [2.05, 4.69) is 15.4 Å². The zero-order valence-electron chi connectivity index (χ0n) is 15.9. The third kappa shape index (κ3) is 5.39. The van der Waals surface area contributed by atoms with Crippen molar-refractivity contribution in [3.05, 3.63) is 0 Å². The van der Waals surface area contributed by atoms with E-state index in [4.69, 9.17) is 0 Å². The molecule has 2 heterocycles. The minimum Gasteiger partial charge on any atom is -0.467 e. The number of carbonyl (C=O) groups excluding carboxylic acids is 3. The molecule has 10 nitrogen and oxygen atoms in total. The summed E-state index contributed by atoms with van der Waals surface area (Å²) in [5.74, 6) is -1.42. The van der Waals surface area contributed by atoms with Gasteiger partial charge in [-0.2, -0.15) is 4.31 Å². The molecule has 2 rings (SSSR count). The van der Waals surface area contributed by atoms with Gasteiger partial charge in [-0.25, -0.2) is 13.2 Å². The molecule has 154 valence electrons. The van der Waals surface area contributed by atoms with Gasteiger partial charge in [0, 0.05) is 25.6 Å². The molecule has 2 atom stereocenters. The van der Waals surface area contributed by atoms with Crippen LogP contribution in [-0.4, -0.2) is 93.6 Å². The van der Waals surface area contributed by atoms with Crippen LogP contribution in [-0.2, 0) is 29.1 Å². The molecular weight excluding hydrogens is 376 g/mol. The van der Waals surface area contributed by atoms with E-state index in [0.717, 1.165) is 36.5 Å². The third-order valence-corrected chi connectivity index (χ3v) is 6.26. The van der Waals surface area contributed by atoms with Crippen LogP contribution in [0.4, 0.5) is 0 Å². The number of methoxy groups -OCH3 is 1. The lowest BCUT2D eigenvalue weighted by molar-refractivity contribution is -0.146. The van der Waals surface area contributed by atoms with Gasteiger partial charge in [-0.05, 0) is 32.9 Å². The van der Waals surface area contributed by atoms with Crippen LogP contribution in [0.25, 0.3) is 0 Å². The number of ether oxygens (including phenoxy) is 1.